The second-order valence-corrected chi connectivity index (χ2v) is 7.25. The zero-order valence-electron chi connectivity index (χ0n) is 15.5. The second-order valence-electron chi connectivity index (χ2n) is 6.43. The topological polar surface area (TPSA) is 58.8 Å². The highest BCUT2D eigenvalue weighted by Gasteiger charge is 2.19. The number of imidazole rings is 1. The van der Waals surface area contributed by atoms with Gasteiger partial charge in [0.15, 0.2) is 17.3 Å². The molecule has 0 bridgehead atoms. The van der Waals surface area contributed by atoms with Crippen LogP contribution in [-0.4, -0.2) is 21.6 Å². The lowest BCUT2D eigenvalue weighted by Gasteiger charge is -2.12. The average molecular weight is 432 g/mol. The Labute approximate surface area is 176 Å². The van der Waals surface area contributed by atoms with Crippen LogP contribution in [0.25, 0.3) is 16.9 Å². The number of anilines is 2. The van der Waals surface area contributed by atoms with Crippen LogP contribution in [0, 0.1) is 12.7 Å². The van der Waals surface area contributed by atoms with E-state index >= 15 is 0 Å². The summed E-state index contributed by atoms with van der Waals surface area (Å²) in [5, 5.41) is 14.0. The van der Waals surface area contributed by atoms with Crippen molar-refractivity contribution in [1.29, 1.82) is 0 Å². The van der Waals surface area contributed by atoms with Crippen molar-refractivity contribution in [3.8, 4) is 22.8 Å². The van der Waals surface area contributed by atoms with Gasteiger partial charge in [-0.15, -0.1) is 0 Å². The van der Waals surface area contributed by atoms with Crippen molar-refractivity contribution in [2.24, 2.45) is 0 Å². The molecule has 4 rings (SSSR count). The lowest BCUT2D eigenvalue weighted by Crippen LogP contribution is -2.00. The number of phenolic OH excluding ortho intramolecular Hbond substituents is 1. The van der Waals surface area contributed by atoms with Gasteiger partial charge in [-0.3, -0.25) is 4.40 Å². The third-order valence-electron chi connectivity index (χ3n) is 4.54. The van der Waals surface area contributed by atoms with Crippen molar-refractivity contribution in [3.63, 3.8) is 0 Å². The Bertz CT molecular complexity index is 1240. The number of benzene rings is 2. The molecule has 0 amide bonds. The van der Waals surface area contributed by atoms with Crippen molar-refractivity contribution in [1.82, 2.24) is 9.38 Å². The smallest absolute Gasteiger partial charge is 0.194 e. The number of nitrogens with one attached hydrogen (secondary N) is 1. The Hall–Kier alpha value is -2.96. The third kappa shape index (κ3) is 3.45. The van der Waals surface area contributed by atoms with Crippen LogP contribution in [-0.2, 0) is 0 Å². The van der Waals surface area contributed by atoms with E-state index in [1.54, 1.807) is 18.2 Å². The Morgan fingerprint density at radius 2 is 1.90 bits per heavy atom. The highest BCUT2D eigenvalue weighted by molar-refractivity contribution is 6.42. The number of nitrogens with zero attached hydrogens (tertiary/aromatic N) is 2. The first-order chi connectivity index (χ1) is 13.9. The number of ether oxygens (including phenoxy) is 1. The van der Waals surface area contributed by atoms with E-state index in [9.17, 15) is 9.50 Å². The Kier molecular flexibility index (Phi) is 4.98. The lowest BCUT2D eigenvalue weighted by molar-refractivity contribution is 0.357. The molecule has 2 N–H and O–H groups in total. The largest absolute Gasteiger partial charge is 0.502 e. The van der Waals surface area contributed by atoms with Crippen molar-refractivity contribution >= 4 is 40.4 Å². The fourth-order valence-corrected chi connectivity index (χ4v) is 3.45. The number of pyridine rings is 1. The van der Waals surface area contributed by atoms with Gasteiger partial charge in [-0.05, 0) is 49.4 Å². The molecule has 0 aliphatic carbocycles. The minimum absolute atomic E-state index is 0.0225. The van der Waals surface area contributed by atoms with E-state index in [4.69, 9.17) is 27.9 Å². The van der Waals surface area contributed by atoms with E-state index in [2.05, 4.69) is 10.3 Å². The summed E-state index contributed by atoms with van der Waals surface area (Å²) in [5.74, 6) is -0.707. The van der Waals surface area contributed by atoms with E-state index in [0.717, 1.165) is 5.69 Å². The molecule has 2 aromatic carbocycles. The Morgan fingerprint density at radius 3 is 2.62 bits per heavy atom. The number of aromatic hydroxyl groups is 1. The molecular formula is C21H16Cl2FN3O2. The molecular weight excluding hydrogens is 416 g/mol. The molecule has 0 aliphatic rings. The monoisotopic (exact) mass is 431 g/mol. The SMILES string of the molecule is COc1cc(-c2nc3cccc(C)n3c2Nc2ccc(Cl)c(Cl)c2)cc(F)c1O. The van der Waals surface area contributed by atoms with E-state index in [1.807, 2.05) is 29.5 Å². The minimum atomic E-state index is -0.798. The van der Waals surface area contributed by atoms with Crippen LogP contribution >= 0.6 is 23.2 Å². The van der Waals surface area contributed by atoms with E-state index in [-0.39, 0.29) is 5.75 Å². The van der Waals surface area contributed by atoms with Gasteiger partial charge in [0, 0.05) is 16.9 Å². The zero-order chi connectivity index (χ0) is 20.7. The molecule has 0 saturated heterocycles. The van der Waals surface area contributed by atoms with Crippen LogP contribution in [0.15, 0.2) is 48.5 Å². The number of halogens is 3. The normalized spacial score (nSPS) is 11.1. The average Bonchev–Trinajstić information content (AvgIpc) is 3.06. The number of hydrogen-bond donors (Lipinski definition) is 2. The quantitative estimate of drug-likeness (QED) is 0.402. The van der Waals surface area contributed by atoms with Gasteiger partial charge in [-0.1, -0.05) is 29.3 Å². The number of rotatable bonds is 4. The Morgan fingerprint density at radius 1 is 1.10 bits per heavy atom. The number of aromatic nitrogens is 2. The third-order valence-corrected chi connectivity index (χ3v) is 5.28. The molecule has 0 unspecified atom stereocenters. The molecule has 0 fully saturated rings. The Balaban J connectivity index is 1.95. The van der Waals surface area contributed by atoms with Gasteiger partial charge < -0.3 is 15.2 Å². The first-order valence-electron chi connectivity index (χ1n) is 8.66. The summed E-state index contributed by atoms with van der Waals surface area (Å²) in [5.41, 5.74) is 3.23. The fourth-order valence-electron chi connectivity index (χ4n) is 3.15. The van der Waals surface area contributed by atoms with Crippen molar-refractivity contribution in [2.75, 3.05) is 12.4 Å². The number of methoxy groups -OCH3 is 1. The molecule has 0 atom stereocenters. The van der Waals surface area contributed by atoms with Gasteiger partial charge in [0.05, 0.1) is 17.2 Å². The molecule has 29 heavy (non-hydrogen) atoms. The van der Waals surface area contributed by atoms with Gasteiger partial charge in [0.1, 0.15) is 17.2 Å². The number of phenols is 1. The van der Waals surface area contributed by atoms with E-state index in [1.165, 1.54) is 19.2 Å². The van der Waals surface area contributed by atoms with Gasteiger partial charge in [0.2, 0.25) is 0 Å². The van der Waals surface area contributed by atoms with Crippen molar-refractivity contribution < 1.29 is 14.2 Å². The van der Waals surface area contributed by atoms with Crippen LogP contribution in [0.1, 0.15) is 5.69 Å². The first kappa shape index (κ1) is 19.4. The molecule has 0 aliphatic heterocycles. The molecule has 0 saturated carbocycles. The van der Waals surface area contributed by atoms with Crippen molar-refractivity contribution in [2.45, 2.75) is 6.92 Å². The minimum Gasteiger partial charge on any atom is -0.502 e. The molecule has 0 spiro atoms. The van der Waals surface area contributed by atoms with Crippen LogP contribution in [0.4, 0.5) is 15.9 Å². The molecule has 4 aromatic rings. The molecule has 2 heterocycles. The molecule has 0 radical (unpaired) electrons. The van der Waals surface area contributed by atoms with Gasteiger partial charge in [-0.2, -0.15) is 0 Å². The maximum Gasteiger partial charge on any atom is 0.194 e. The molecule has 8 heteroatoms. The maximum absolute atomic E-state index is 14.3. The predicted molar refractivity (Wildman–Crippen MR) is 113 cm³/mol. The fraction of sp³-hybridized carbons (Fsp3) is 0.0952. The predicted octanol–water partition coefficient (Wildman–Crippen LogP) is 6.21. The maximum atomic E-state index is 14.3. The first-order valence-corrected chi connectivity index (χ1v) is 9.41. The zero-order valence-corrected chi connectivity index (χ0v) is 17.0. The van der Waals surface area contributed by atoms with E-state index in [0.29, 0.717) is 38.5 Å². The van der Waals surface area contributed by atoms with Crippen LogP contribution in [0.2, 0.25) is 10.0 Å². The summed E-state index contributed by atoms with van der Waals surface area (Å²) in [6, 6.07) is 13.6. The number of aryl methyl sites for hydroxylation is 1. The number of hydrogen-bond acceptors (Lipinski definition) is 4. The second kappa shape index (κ2) is 7.46. The summed E-state index contributed by atoms with van der Waals surface area (Å²) in [7, 11) is 1.36. The van der Waals surface area contributed by atoms with Gasteiger partial charge in [0.25, 0.3) is 0 Å². The van der Waals surface area contributed by atoms with Gasteiger partial charge in [-0.25, -0.2) is 9.37 Å². The summed E-state index contributed by atoms with van der Waals surface area (Å²) in [4.78, 5) is 4.66. The summed E-state index contributed by atoms with van der Waals surface area (Å²) < 4.78 is 21.3. The molecule has 148 valence electrons. The van der Waals surface area contributed by atoms with Gasteiger partial charge >= 0.3 is 0 Å². The van der Waals surface area contributed by atoms with Crippen LogP contribution in [0.5, 0.6) is 11.5 Å². The van der Waals surface area contributed by atoms with Crippen LogP contribution in [0.3, 0.4) is 0 Å². The van der Waals surface area contributed by atoms with Crippen LogP contribution < -0.4 is 10.1 Å². The number of fused-ring (bicyclic) bond motifs is 1. The van der Waals surface area contributed by atoms with Crippen molar-refractivity contribution in [3.05, 3.63) is 70.1 Å². The summed E-state index contributed by atoms with van der Waals surface area (Å²) in [6.07, 6.45) is 0. The highest BCUT2D eigenvalue weighted by atomic mass is 35.5. The standard InChI is InChI=1S/C21H16Cl2FN3O2/c1-11-4-3-5-18-26-19(12-8-16(24)20(28)17(9-12)29-2)21(27(11)18)25-13-6-7-14(22)15(23)10-13/h3-10,25,28H,1-2H3. The summed E-state index contributed by atoms with van der Waals surface area (Å²) in [6.45, 7) is 1.94. The summed E-state index contributed by atoms with van der Waals surface area (Å²) >= 11 is 12.2. The lowest BCUT2D eigenvalue weighted by atomic mass is 10.1. The molecule has 5 nitrogen and oxygen atoms in total. The molecule has 2 aromatic heterocycles. The highest BCUT2D eigenvalue weighted by Crippen LogP contribution is 2.38. The van der Waals surface area contributed by atoms with E-state index < -0.39 is 11.6 Å².